The van der Waals surface area contributed by atoms with Crippen molar-refractivity contribution in [2.45, 2.75) is 26.3 Å². The third-order valence-corrected chi connectivity index (χ3v) is 4.70. The summed E-state index contributed by atoms with van der Waals surface area (Å²) < 4.78 is 18.4. The van der Waals surface area contributed by atoms with Crippen LogP contribution in [0.3, 0.4) is 0 Å². The van der Waals surface area contributed by atoms with Crippen LogP contribution in [-0.4, -0.2) is 24.2 Å². The van der Waals surface area contributed by atoms with Gasteiger partial charge in [0.05, 0.1) is 12.2 Å². The van der Waals surface area contributed by atoms with Gasteiger partial charge in [-0.3, -0.25) is 0 Å². The fraction of sp³-hybridized carbons (Fsp3) is 0.368. The van der Waals surface area contributed by atoms with Crippen molar-refractivity contribution in [1.82, 2.24) is 4.98 Å². The van der Waals surface area contributed by atoms with E-state index in [-0.39, 0.29) is 11.4 Å². The van der Waals surface area contributed by atoms with Gasteiger partial charge in [-0.15, -0.1) is 0 Å². The second kappa shape index (κ2) is 5.87. The Hall–Kier alpha value is -2.28. The molecule has 2 aliphatic rings. The molecule has 0 radical (unpaired) electrons. The summed E-state index contributed by atoms with van der Waals surface area (Å²) in [5.74, 6) is 1.94. The lowest BCUT2D eigenvalue weighted by Gasteiger charge is -2.33. The molecule has 1 unspecified atom stereocenters. The zero-order chi connectivity index (χ0) is 18.5. The highest BCUT2D eigenvalue weighted by molar-refractivity contribution is 9.10. The Morgan fingerprint density at radius 3 is 2.77 bits per heavy atom. The van der Waals surface area contributed by atoms with Crippen LogP contribution >= 0.6 is 15.9 Å². The Labute approximate surface area is 160 Å². The Morgan fingerprint density at radius 1 is 1.27 bits per heavy atom. The largest absolute Gasteiger partial charge is 0.493 e. The zero-order valence-electron chi connectivity index (χ0n) is 14.9. The highest BCUT2D eigenvalue weighted by Crippen LogP contribution is 2.51. The molecule has 4 rings (SSSR count). The lowest BCUT2D eigenvalue weighted by Crippen LogP contribution is -2.31. The van der Waals surface area contributed by atoms with Crippen LogP contribution in [0, 0.1) is 5.41 Å². The monoisotopic (exact) mass is 417 g/mol. The molecule has 2 aromatic rings. The van der Waals surface area contributed by atoms with Crippen molar-refractivity contribution in [3.05, 3.63) is 46.1 Å². The first-order chi connectivity index (χ1) is 12.3. The fourth-order valence-corrected chi connectivity index (χ4v) is 3.40. The normalized spacial score (nSPS) is 20.7. The van der Waals surface area contributed by atoms with Crippen LogP contribution in [0.4, 0.5) is 0 Å². The van der Waals surface area contributed by atoms with E-state index in [9.17, 15) is 0 Å². The average Bonchev–Trinajstić information content (AvgIpc) is 2.96. The summed E-state index contributed by atoms with van der Waals surface area (Å²) in [5.41, 5.74) is 6.81. The Morgan fingerprint density at radius 2 is 2.08 bits per heavy atom. The highest BCUT2D eigenvalue weighted by atomic mass is 79.9. The molecule has 2 aliphatic heterocycles. The number of rotatable bonds is 2. The van der Waals surface area contributed by atoms with Crippen molar-refractivity contribution in [1.29, 1.82) is 0 Å². The van der Waals surface area contributed by atoms with Crippen LogP contribution in [0.1, 0.15) is 31.9 Å². The topological polar surface area (TPSA) is 79.0 Å². The van der Waals surface area contributed by atoms with Crippen LogP contribution in [0.2, 0.25) is 0 Å². The van der Waals surface area contributed by atoms with Crippen molar-refractivity contribution in [3.8, 4) is 17.4 Å². The lowest BCUT2D eigenvalue weighted by atomic mass is 9.82. The summed E-state index contributed by atoms with van der Waals surface area (Å²) in [6, 6.07) is 7.83. The highest BCUT2D eigenvalue weighted by Gasteiger charge is 2.47. The fourth-order valence-electron chi connectivity index (χ4n) is 3.07. The summed E-state index contributed by atoms with van der Waals surface area (Å²) in [6.07, 6.45) is 1.70. The van der Waals surface area contributed by atoms with Gasteiger partial charge in [0, 0.05) is 16.2 Å². The lowest BCUT2D eigenvalue weighted by molar-refractivity contribution is 0.197. The number of aromatic nitrogens is 1. The van der Waals surface area contributed by atoms with Crippen molar-refractivity contribution in [2.24, 2.45) is 16.1 Å². The van der Waals surface area contributed by atoms with Crippen molar-refractivity contribution in [2.75, 3.05) is 13.2 Å². The van der Waals surface area contributed by atoms with Crippen molar-refractivity contribution < 1.29 is 14.2 Å². The molecule has 136 valence electrons. The van der Waals surface area contributed by atoms with E-state index in [1.165, 1.54) is 0 Å². The molecule has 6 nitrogen and oxygen atoms in total. The molecule has 0 aliphatic carbocycles. The Balaban J connectivity index is 1.83. The minimum absolute atomic E-state index is 0.0600. The van der Waals surface area contributed by atoms with Gasteiger partial charge >= 0.3 is 0 Å². The maximum atomic E-state index is 6.00. The molecule has 26 heavy (non-hydrogen) atoms. The number of ether oxygens (including phenoxy) is 3. The number of benzene rings is 1. The van der Waals surface area contributed by atoms with E-state index in [0.29, 0.717) is 24.8 Å². The van der Waals surface area contributed by atoms with Gasteiger partial charge in [-0.25, -0.2) is 9.98 Å². The zero-order valence-corrected chi connectivity index (χ0v) is 16.5. The Kier molecular flexibility index (Phi) is 3.87. The van der Waals surface area contributed by atoms with Crippen LogP contribution in [0.25, 0.3) is 0 Å². The number of nitrogens with two attached hydrogens (primary N) is 1. The van der Waals surface area contributed by atoms with Gasteiger partial charge in [0.15, 0.2) is 5.54 Å². The quantitative estimate of drug-likeness (QED) is 0.799. The molecule has 1 aromatic carbocycles. The van der Waals surface area contributed by atoms with E-state index >= 15 is 0 Å². The molecule has 0 saturated heterocycles. The van der Waals surface area contributed by atoms with Gasteiger partial charge in [0.2, 0.25) is 5.88 Å². The predicted molar refractivity (Wildman–Crippen MR) is 102 cm³/mol. The number of pyridine rings is 1. The van der Waals surface area contributed by atoms with Crippen LogP contribution in [-0.2, 0) is 10.3 Å². The van der Waals surface area contributed by atoms with E-state index in [1.54, 1.807) is 6.20 Å². The van der Waals surface area contributed by atoms with E-state index in [2.05, 4.69) is 46.7 Å². The van der Waals surface area contributed by atoms with Gasteiger partial charge in [-0.1, -0.05) is 20.8 Å². The number of hydrogen-bond acceptors (Lipinski definition) is 6. The second-order valence-corrected chi connectivity index (χ2v) is 8.63. The minimum atomic E-state index is -0.787. The minimum Gasteiger partial charge on any atom is -0.493 e. The van der Waals surface area contributed by atoms with E-state index in [1.807, 2.05) is 24.3 Å². The van der Waals surface area contributed by atoms with E-state index < -0.39 is 5.54 Å². The number of halogens is 1. The molecule has 0 saturated carbocycles. The van der Waals surface area contributed by atoms with Crippen molar-refractivity contribution >= 4 is 22.0 Å². The molecule has 0 fully saturated rings. The maximum absolute atomic E-state index is 6.00. The standard InChI is InChI=1S/C19H20BrN3O3/c1-18(2,3)9-24-12-4-5-15-13(7-12)19(10-25-17(21)23-19)14-6-11(20)8-22-16(14)26-15/h4-8H,9-10H2,1-3H3,(H2,21,23). The molecule has 1 atom stereocenters. The van der Waals surface area contributed by atoms with Crippen molar-refractivity contribution in [3.63, 3.8) is 0 Å². The molecular formula is C19H20BrN3O3. The summed E-state index contributed by atoms with van der Waals surface area (Å²) in [4.78, 5) is 9.02. The summed E-state index contributed by atoms with van der Waals surface area (Å²) in [7, 11) is 0. The Bertz CT molecular complexity index is 907. The molecule has 0 bridgehead atoms. The summed E-state index contributed by atoms with van der Waals surface area (Å²) in [5, 5.41) is 0. The van der Waals surface area contributed by atoms with Gasteiger partial charge in [0.25, 0.3) is 6.02 Å². The van der Waals surface area contributed by atoms with Gasteiger partial charge in [-0.05, 0) is 45.6 Å². The first kappa shape index (κ1) is 17.1. The molecule has 2 N–H and O–H groups in total. The molecule has 1 spiro atoms. The number of aliphatic imine (C=N–C) groups is 1. The molecule has 3 heterocycles. The SMILES string of the molecule is CC(C)(C)COc1ccc2c(c1)C1(COC(N)=N1)c1cc(Br)cnc1O2. The van der Waals surface area contributed by atoms with Gasteiger partial charge in [-0.2, -0.15) is 0 Å². The van der Waals surface area contributed by atoms with Crippen LogP contribution in [0.15, 0.2) is 39.9 Å². The number of hydrogen-bond donors (Lipinski definition) is 1. The predicted octanol–water partition coefficient (Wildman–Crippen LogP) is 3.96. The average molecular weight is 418 g/mol. The van der Waals surface area contributed by atoms with Crippen LogP contribution < -0.4 is 15.2 Å². The molecular weight excluding hydrogens is 398 g/mol. The summed E-state index contributed by atoms with van der Waals surface area (Å²) >= 11 is 3.47. The molecule has 0 amide bonds. The number of fused-ring (bicyclic) bond motifs is 4. The third-order valence-electron chi connectivity index (χ3n) is 4.27. The van der Waals surface area contributed by atoms with Crippen LogP contribution in [0.5, 0.6) is 17.4 Å². The van der Waals surface area contributed by atoms with E-state index in [4.69, 9.17) is 19.9 Å². The first-order valence-corrected chi connectivity index (χ1v) is 9.15. The molecule has 1 aromatic heterocycles. The molecule has 7 heteroatoms. The smallest absolute Gasteiger partial charge is 0.283 e. The second-order valence-electron chi connectivity index (χ2n) is 7.71. The first-order valence-electron chi connectivity index (χ1n) is 8.36. The number of amidine groups is 1. The van der Waals surface area contributed by atoms with Gasteiger partial charge < -0.3 is 19.9 Å². The van der Waals surface area contributed by atoms with E-state index in [0.717, 1.165) is 21.3 Å². The maximum Gasteiger partial charge on any atom is 0.283 e. The summed E-state index contributed by atoms with van der Waals surface area (Å²) in [6.45, 7) is 7.29. The number of nitrogens with zero attached hydrogens (tertiary/aromatic N) is 2. The third kappa shape index (κ3) is 2.90. The van der Waals surface area contributed by atoms with Gasteiger partial charge in [0.1, 0.15) is 18.1 Å².